The fourth-order valence-corrected chi connectivity index (χ4v) is 3.06. The highest BCUT2D eigenvalue weighted by atomic mass is 35.5. The van der Waals surface area contributed by atoms with Crippen LogP contribution in [0.3, 0.4) is 0 Å². The average molecular weight is 410 g/mol. The zero-order valence-electron chi connectivity index (χ0n) is 15.6. The van der Waals surface area contributed by atoms with Crippen molar-refractivity contribution in [2.75, 3.05) is 19.5 Å². The molecular weight excluding hydrogens is 394 g/mol. The Morgan fingerprint density at radius 3 is 2.66 bits per heavy atom. The average Bonchev–Trinajstić information content (AvgIpc) is 3.17. The summed E-state index contributed by atoms with van der Waals surface area (Å²) in [6, 6.07) is 13.9. The lowest BCUT2D eigenvalue weighted by Gasteiger charge is -2.07. The van der Waals surface area contributed by atoms with E-state index < -0.39 is 0 Å². The third-order valence-electron chi connectivity index (χ3n) is 4.28. The quantitative estimate of drug-likeness (QED) is 0.476. The summed E-state index contributed by atoms with van der Waals surface area (Å²) in [5, 5.41) is 2.93. The molecule has 2 aromatic heterocycles. The van der Waals surface area contributed by atoms with E-state index in [0.29, 0.717) is 39.7 Å². The summed E-state index contributed by atoms with van der Waals surface area (Å²) in [6.07, 6.45) is 1.52. The van der Waals surface area contributed by atoms with Gasteiger partial charge in [-0.25, -0.2) is 9.97 Å². The zero-order chi connectivity index (χ0) is 20.4. The number of pyridine rings is 1. The second-order valence-electron chi connectivity index (χ2n) is 6.07. The molecule has 4 rings (SSSR count). The fourth-order valence-electron chi connectivity index (χ4n) is 2.85. The standard InChI is InChI=1S/C21H16ClN3O4/c1-27-17-7-5-12(10-18(17)28-2)21-25-15-11-13(6-8-16(15)29-21)24-20(26)14-4-3-9-23-19(14)22/h3-11H,1-2H3,(H,24,26). The van der Waals surface area contributed by atoms with Crippen LogP contribution in [0.25, 0.3) is 22.6 Å². The van der Waals surface area contributed by atoms with Crippen molar-refractivity contribution in [1.29, 1.82) is 0 Å². The summed E-state index contributed by atoms with van der Waals surface area (Å²) in [5.41, 5.74) is 2.79. The highest BCUT2D eigenvalue weighted by molar-refractivity contribution is 6.33. The molecule has 0 spiro atoms. The van der Waals surface area contributed by atoms with Crippen LogP contribution in [-0.2, 0) is 0 Å². The van der Waals surface area contributed by atoms with E-state index in [9.17, 15) is 4.79 Å². The first-order valence-corrected chi connectivity index (χ1v) is 9.01. The molecule has 7 nitrogen and oxygen atoms in total. The normalized spacial score (nSPS) is 10.7. The number of hydrogen-bond acceptors (Lipinski definition) is 6. The van der Waals surface area contributed by atoms with Crippen LogP contribution < -0.4 is 14.8 Å². The van der Waals surface area contributed by atoms with Crippen LogP contribution in [0, 0.1) is 0 Å². The van der Waals surface area contributed by atoms with Crippen molar-refractivity contribution in [1.82, 2.24) is 9.97 Å². The fraction of sp³-hybridized carbons (Fsp3) is 0.0952. The van der Waals surface area contributed by atoms with Crippen molar-refractivity contribution >= 4 is 34.3 Å². The van der Waals surface area contributed by atoms with Crippen LogP contribution in [0.15, 0.2) is 59.1 Å². The monoisotopic (exact) mass is 409 g/mol. The third-order valence-corrected chi connectivity index (χ3v) is 4.58. The summed E-state index contributed by atoms with van der Waals surface area (Å²) >= 11 is 5.98. The van der Waals surface area contributed by atoms with Gasteiger partial charge in [-0.1, -0.05) is 11.6 Å². The molecule has 0 aliphatic rings. The van der Waals surface area contributed by atoms with E-state index in [0.717, 1.165) is 5.56 Å². The largest absolute Gasteiger partial charge is 0.493 e. The van der Waals surface area contributed by atoms with Gasteiger partial charge in [0.15, 0.2) is 17.1 Å². The Balaban J connectivity index is 1.63. The van der Waals surface area contributed by atoms with Gasteiger partial charge in [0, 0.05) is 17.4 Å². The highest BCUT2D eigenvalue weighted by Crippen LogP contribution is 2.33. The first-order valence-electron chi connectivity index (χ1n) is 8.64. The number of aromatic nitrogens is 2. The molecule has 4 aromatic rings. The molecule has 2 aromatic carbocycles. The van der Waals surface area contributed by atoms with Crippen molar-refractivity contribution in [3.05, 3.63) is 65.4 Å². The lowest BCUT2D eigenvalue weighted by molar-refractivity contribution is 0.102. The zero-order valence-corrected chi connectivity index (χ0v) is 16.4. The van der Waals surface area contributed by atoms with Crippen LogP contribution in [0.5, 0.6) is 11.5 Å². The number of fused-ring (bicyclic) bond motifs is 1. The molecule has 0 fully saturated rings. The molecule has 0 aliphatic carbocycles. The van der Waals surface area contributed by atoms with Gasteiger partial charge in [0.2, 0.25) is 5.89 Å². The number of nitrogens with zero attached hydrogens (tertiary/aromatic N) is 2. The van der Waals surface area contributed by atoms with Gasteiger partial charge in [0.05, 0.1) is 19.8 Å². The summed E-state index contributed by atoms with van der Waals surface area (Å²) in [7, 11) is 3.14. The molecule has 0 unspecified atom stereocenters. The van der Waals surface area contributed by atoms with E-state index in [1.165, 1.54) is 6.20 Å². The maximum Gasteiger partial charge on any atom is 0.258 e. The number of rotatable bonds is 5. The van der Waals surface area contributed by atoms with Gasteiger partial charge in [0.25, 0.3) is 5.91 Å². The Kier molecular flexibility index (Phi) is 5.05. The van der Waals surface area contributed by atoms with Crippen LogP contribution in [0.1, 0.15) is 10.4 Å². The third kappa shape index (κ3) is 3.72. The van der Waals surface area contributed by atoms with Gasteiger partial charge in [-0.15, -0.1) is 0 Å². The Hall–Kier alpha value is -3.58. The highest BCUT2D eigenvalue weighted by Gasteiger charge is 2.14. The minimum absolute atomic E-state index is 0.142. The molecule has 0 saturated heterocycles. The number of amides is 1. The number of halogens is 1. The first kappa shape index (κ1) is 18.8. The van der Waals surface area contributed by atoms with Crippen LogP contribution in [0.2, 0.25) is 5.15 Å². The Bertz CT molecular complexity index is 1210. The van der Waals surface area contributed by atoms with Crippen molar-refractivity contribution in [3.63, 3.8) is 0 Å². The molecule has 0 saturated carbocycles. The topological polar surface area (TPSA) is 86.5 Å². The molecule has 0 atom stereocenters. The number of methoxy groups -OCH3 is 2. The summed E-state index contributed by atoms with van der Waals surface area (Å²) in [4.78, 5) is 20.9. The lowest BCUT2D eigenvalue weighted by atomic mass is 10.2. The number of ether oxygens (including phenoxy) is 2. The van der Waals surface area contributed by atoms with Crippen LogP contribution >= 0.6 is 11.6 Å². The molecule has 1 amide bonds. The predicted molar refractivity (Wildman–Crippen MR) is 110 cm³/mol. The van der Waals surface area contributed by atoms with Gasteiger partial charge >= 0.3 is 0 Å². The van der Waals surface area contributed by atoms with Crippen molar-refractivity contribution in [2.24, 2.45) is 0 Å². The molecule has 146 valence electrons. The SMILES string of the molecule is COc1ccc(-c2nc3cc(NC(=O)c4cccnc4Cl)ccc3o2)cc1OC. The van der Waals surface area contributed by atoms with Crippen LogP contribution in [0.4, 0.5) is 5.69 Å². The minimum Gasteiger partial charge on any atom is -0.493 e. The molecule has 1 N–H and O–H groups in total. The maximum atomic E-state index is 12.4. The van der Waals surface area contributed by atoms with E-state index in [2.05, 4.69) is 15.3 Å². The van der Waals surface area contributed by atoms with Gasteiger partial charge in [-0.3, -0.25) is 4.79 Å². The number of oxazole rings is 1. The van der Waals surface area contributed by atoms with Crippen molar-refractivity contribution < 1.29 is 18.7 Å². The van der Waals surface area contributed by atoms with Gasteiger partial charge in [0.1, 0.15) is 10.7 Å². The molecule has 0 bridgehead atoms. The predicted octanol–water partition coefficient (Wildman–Crippen LogP) is 4.81. The Morgan fingerprint density at radius 1 is 1.07 bits per heavy atom. The summed E-state index contributed by atoms with van der Waals surface area (Å²) in [5.74, 6) is 1.27. The number of carbonyl (C=O) groups excluding carboxylic acids is 1. The van der Waals surface area contributed by atoms with E-state index in [-0.39, 0.29) is 11.1 Å². The van der Waals surface area contributed by atoms with Crippen molar-refractivity contribution in [2.45, 2.75) is 0 Å². The molecule has 8 heteroatoms. The number of benzene rings is 2. The van der Waals surface area contributed by atoms with E-state index in [1.807, 2.05) is 6.07 Å². The first-order chi connectivity index (χ1) is 14.1. The Labute approximate surface area is 171 Å². The number of hydrogen-bond donors (Lipinski definition) is 1. The molecule has 29 heavy (non-hydrogen) atoms. The summed E-state index contributed by atoms with van der Waals surface area (Å²) < 4.78 is 16.4. The van der Waals surface area contributed by atoms with Crippen molar-refractivity contribution in [3.8, 4) is 23.0 Å². The smallest absolute Gasteiger partial charge is 0.258 e. The Morgan fingerprint density at radius 2 is 1.90 bits per heavy atom. The van der Waals surface area contributed by atoms with Crippen LogP contribution in [-0.4, -0.2) is 30.1 Å². The molecule has 0 aliphatic heterocycles. The maximum absolute atomic E-state index is 12.4. The second kappa shape index (κ2) is 7.81. The number of anilines is 1. The van der Waals surface area contributed by atoms with Gasteiger partial charge in [-0.2, -0.15) is 0 Å². The molecular formula is C21H16ClN3O4. The molecule has 2 heterocycles. The van der Waals surface area contributed by atoms with E-state index >= 15 is 0 Å². The second-order valence-corrected chi connectivity index (χ2v) is 6.43. The number of nitrogens with one attached hydrogen (secondary N) is 1. The van der Waals surface area contributed by atoms with E-state index in [4.69, 9.17) is 25.5 Å². The van der Waals surface area contributed by atoms with E-state index in [1.54, 1.807) is 56.7 Å². The molecule has 0 radical (unpaired) electrons. The van der Waals surface area contributed by atoms with Gasteiger partial charge in [-0.05, 0) is 48.5 Å². The lowest BCUT2D eigenvalue weighted by Crippen LogP contribution is -2.12. The van der Waals surface area contributed by atoms with Gasteiger partial charge < -0.3 is 19.2 Å². The summed E-state index contributed by atoms with van der Waals surface area (Å²) in [6.45, 7) is 0. The number of carbonyl (C=O) groups is 1. The minimum atomic E-state index is -0.356.